The van der Waals surface area contributed by atoms with Crippen LogP contribution in [0.2, 0.25) is 0 Å². The fourth-order valence-corrected chi connectivity index (χ4v) is 1.78. The lowest BCUT2D eigenvalue weighted by Crippen LogP contribution is -2.61. The Kier molecular flexibility index (Phi) is 2.31. The van der Waals surface area contributed by atoms with Crippen LogP contribution < -0.4 is 5.32 Å². The zero-order valence-electron chi connectivity index (χ0n) is 8.86. The van der Waals surface area contributed by atoms with Crippen molar-refractivity contribution >= 4 is 5.91 Å². The van der Waals surface area contributed by atoms with Crippen molar-refractivity contribution in [2.24, 2.45) is 5.41 Å². The molecule has 0 bridgehead atoms. The van der Waals surface area contributed by atoms with E-state index in [1.807, 2.05) is 13.8 Å². The van der Waals surface area contributed by atoms with Crippen LogP contribution in [0.25, 0.3) is 0 Å². The predicted molar refractivity (Wildman–Crippen MR) is 54.4 cm³/mol. The normalized spacial score (nSPS) is 28.2. The van der Waals surface area contributed by atoms with Gasteiger partial charge in [0.2, 0.25) is 0 Å². The van der Waals surface area contributed by atoms with E-state index in [-0.39, 0.29) is 23.5 Å². The maximum atomic E-state index is 11.6. The number of carbonyl (C=O) groups excluding carboxylic acids is 1. The number of hydrogen-bond acceptors (Lipinski definition) is 3. The summed E-state index contributed by atoms with van der Waals surface area (Å²) in [5.41, 5.74) is -0.248. The molecule has 2 N–H and O–H groups in total. The lowest BCUT2D eigenvalue weighted by molar-refractivity contribution is -0.0691. The fourth-order valence-electron chi connectivity index (χ4n) is 1.78. The Morgan fingerprint density at radius 1 is 1.67 bits per heavy atom. The summed E-state index contributed by atoms with van der Waals surface area (Å²) in [6, 6.07) is 3.32. The first-order chi connectivity index (χ1) is 7.01. The van der Waals surface area contributed by atoms with Crippen molar-refractivity contribution in [3.05, 3.63) is 24.2 Å². The molecule has 0 radical (unpaired) electrons. The Labute approximate surface area is 88.3 Å². The van der Waals surface area contributed by atoms with Crippen molar-refractivity contribution < 1.29 is 14.3 Å². The van der Waals surface area contributed by atoms with Crippen LogP contribution in [0.5, 0.6) is 0 Å². The second-order valence-electron chi connectivity index (χ2n) is 4.58. The summed E-state index contributed by atoms with van der Waals surface area (Å²) in [4.78, 5) is 11.6. The van der Waals surface area contributed by atoms with Crippen LogP contribution in [0.3, 0.4) is 0 Å². The van der Waals surface area contributed by atoms with Crippen molar-refractivity contribution in [3.63, 3.8) is 0 Å². The number of nitrogens with one attached hydrogen (secondary N) is 1. The molecule has 1 aromatic heterocycles. The SMILES string of the molecule is CC1(C)C(O)CC1NC(=O)c1ccco1. The molecule has 1 heterocycles. The molecule has 0 spiro atoms. The number of carbonyl (C=O) groups is 1. The maximum absolute atomic E-state index is 11.6. The van der Waals surface area contributed by atoms with E-state index in [2.05, 4.69) is 5.32 Å². The van der Waals surface area contributed by atoms with Crippen LogP contribution >= 0.6 is 0 Å². The summed E-state index contributed by atoms with van der Waals surface area (Å²) in [7, 11) is 0. The predicted octanol–water partition coefficient (Wildman–Crippen LogP) is 1.17. The molecule has 1 amide bonds. The van der Waals surface area contributed by atoms with E-state index < -0.39 is 0 Å². The van der Waals surface area contributed by atoms with Gasteiger partial charge in [-0.2, -0.15) is 0 Å². The summed E-state index contributed by atoms with van der Waals surface area (Å²) in [6.45, 7) is 3.88. The molecule has 4 heteroatoms. The first-order valence-corrected chi connectivity index (χ1v) is 5.04. The van der Waals surface area contributed by atoms with Crippen LogP contribution in [-0.2, 0) is 0 Å². The van der Waals surface area contributed by atoms with Crippen LogP contribution in [-0.4, -0.2) is 23.2 Å². The van der Waals surface area contributed by atoms with Gasteiger partial charge in [-0.1, -0.05) is 13.8 Å². The Balaban J connectivity index is 1.97. The lowest BCUT2D eigenvalue weighted by atomic mass is 9.64. The van der Waals surface area contributed by atoms with E-state index in [1.165, 1.54) is 6.26 Å². The smallest absolute Gasteiger partial charge is 0.287 e. The molecule has 15 heavy (non-hydrogen) atoms. The van der Waals surface area contributed by atoms with Gasteiger partial charge in [-0.05, 0) is 18.6 Å². The summed E-state index contributed by atoms with van der Waals surface area (Å²) < 4.78 is 4.99. The second-order valence-corrected chi connectivity index (χ2v) is 4.58. The molecule has 0 saturated heterocycles. The van der Waals surface area contributed by atoms with E-state index in [9.17, 15) is 9.90 Å². The highest BCUT2D eigenvalue weighted by atomic mass is 16.3. The van der Waals surface area contributed by atoms with Crippen molar-refractivity contribution in [2.75, 3.05) is 0 Å². The van der Waals surface area contributed by atoms with Crippen molar-refractivity contribution in [1.82, 2.24) is 5.32 Å². The number of rotatable bonds is 2. The molecule has 4 nitrogen and oxygen atoms in total. The molecule has 1 aromatic rings. The molecule has 1 aliphatic carbocycles. The van der Waals surface area contributed by atoms with Gasteiger partial charge >= 0.3 is 0 Å². The highest BCUT2D eigenvalue weighted by Gasteiger charge is 2.48. The molecule has 2 rings (SSSR count). The molecule has 82 valence electrons. The van der Waals surface area contributed by atoms with Gasteiger partial charge in [0.1, 0.15) is 0 Å². The van der Waals surface area contributed by atoms with E-state index in [0.29, 0.717) is 12.2 Å². The average Bonchev–Trinajstić information content (AvgIpc) is 2.70. The fraction of sp³-hybridized carbons (Fsp3) is 0.545. The maximum Gasteiger partial charge on any atom is 0.287 e. The summed E-state index contributed by atoms with van der Waals surface area (Å²) in [6.07, 6.45) is 1.74. The number of aliphatic hydroxyl groups is 1. The summed E-state index contributed by atoms with van der Waals surface area (Å²) in [5.74, 6) is 0.0946. The van der Waals surface area contributed by atoms with Crippen LogP contribution in [0.15, 0.2) is 22.8 Å². The summed E-state index contributed by atoms with van der Waals surface area (Å²) >= 11 is 0. The van der Waals surface area contributed by atoms with Crippen LogP contribution in [0, 0.1) is 5.41 Å². The number of hydrogen-bond donors (Lipinski definition) is 2. The first kappa shape index (κ1) is 10.2. The van der Waals surface area contributed by atoms with E-state index in [4.69, 9.17) is 4.42 Å². The Morgan fingerprint density at radius 2 is 2.40 bits per heavy atom. The Morgan fingerprint density at radius 3 is 2.87 bits per heavy atom. The largest absolute Gasteiger partial charge is 0.459 e. The minimum atomic E-state index is -0.334. The van der Waals surface area contributed by atoms with Gasteiger partial charge in [0.05, 0.1) is 12.4 Å². The highest BCUT2D eigenvalue weighted by molar-refractivity contribution is 5.91. The van der Waals surface area contributed by atoms with Crippen molar-refractivity contribution in [2.45, 2.75) is 32.4 Å². The van der Waals surface area contributed by atoms with Crippen molar-refractivity contribution in [3.8, 4) is 0 Å². The van der Waals surface area contributed by atoms with Crippen LogP contribution in [0.1, 0.15) is 30.8 Å². The van der Waals surface area contributed by atoms with Gasteiger partial charge in [-0.25, -0.2) is 0 Å². The Hall–Kier alpha value is -1.29. The highest BCUT2D eigenvalue weighted by Crippen LogP contribution is 2.40. The number of amides is 1. The van der Waals surface area contributed by atoms with Gasteiger partial charge in [0, 0.05) is 11.5 Å². The molecule has 1 fully saturated rings. The molecule has 0 aliphatic heterocycles. The molecular weight excluding hydrogens is 194 g/mol. The summed E-state index contributed by atoms with van der Waals surface area (Å²) in [5, 5.41) is 12.4. The number of aliphatic hydroxyl groups excluding tert-OH is 1. The lowest BCUT2D eigenvalue weighted by Gasteiger charge is -2.49. The molecule has 1 saturated carbocycles. The monoisotopic (exact) mass is 209 g/mol. The van der Waals surface area contributed by atoms with Gasteiger partial charge < -0.3 is 14.8 Å². The topological polar surface area (TPSA) is 62.5 Å². The Bertz CT molecular complexity index is 356. The number of furan rings is 1. The van der Waals surface area contributed by atoms with E-state index >= 15 is 0 Å². The van der Waals surface area contributed by atoms with Gasteiger partial charge in [-0.3, -0.25) is 4.79 Å². The first-order valence-electron chi connectivity index (χ1n) is 5.04. The van der Waals surface area contributed by atoms with Gasteiger partial charge in [0.15, 0.2) is 5.76 Å². The van der Waals surface area contributed by atoms with Crippen LogP contribution in [0.4, 0.5) is 0 Å². The minimum absolute atomic E-state index is 0.0186. The molecule has 1 aliphatic rings. The third-order valence-electron chi connectivity index (χ3n) is 3.27. The van der Waals surface area contributed by atoms with Gasteiger partial charge in [-0.15, -0.1) is 0 Å². The zero-order chi connectivity index (χ0) is 11.1. The average molecular weight is 209 g/mol. The molecule has 2 unspecified atom stereocenters. The zero-order valence-corrected chi connectivity index (χ0v) is 8.86. The minimum Gasteiger partial charge on any atom is -0.459 e. The molecule has 0 aromatic carbocycles. The second kappa shape index (κ2) is 3.38. The quantitative estimate of drug-likeness (QED) is 0.768. The van der Waals surface area contributed by atoms with Gasteiger partial charge in [0.25, 0.3) is 5.91 Å². The van der Waals surface area contributed by atoms with Crippen molar-refractivity contribution in [1.29, 1.82) is 0 Å². The molecular formula is C11H15NO3. The van der Waals surface area contributed by atoms with E-state index in [1.54, 1.807) is 12.1 Å². The third kappa shape index (κ3) is 1.65. The third-order valence-corrected chi connectivity index (χ3v) is 3.27. The standard InChI is InChI=1S/C11H15NO3/c1-11(2)8(6-9(11)13)12-10(14)7-4-3-5-15-7/h3-5,8-9,13H,6H2,1-2H3,(H,12,14). The molecule has 2 atom stereocenters. The van der Waals surface area contributed by atoms with E-state index in [0.717, 1.165) is 0 Å².